The lowest BCUT2D eigenvalue weighted by Crippen LogP contribution is -2.39. The first-order valence-corrected chi connectivity index (χ1v) is 11.5. The monoisotopic (exact) mass is 432 g/mol. The zero-order valence-corrected chi connectivity index (χ0v) is 18.5. The smallest absolute Gasteiger partial charge is 0.136 e. The average molecular weight is 433 g/mol. The molecular formula is C24H24N4O2S. The van der Waals surface area contributed by atoms with E-state index in [4.69, 9.17) is 19.4 Å². The third-order valence-electron chi connectivity index (χ3n) is 6.16. The van der Waals surface area contributed by atoms with E-state index in [1.165, 1.54) is 16.5 Å². The fraction of sp³-hybridized carbons (Fsp3) is 0.375. The largest absolute Gasteiger partial charge is 0.378 e. The molecule has 0 spiro atoms. The third kappa shape index (κ3) is 3.19. The summed E-state index contributed by atoms with van der Waals surface area (Å²) in [6.45, 7) is 8.08. The van der Waals surface area contributed by atoms with Gasteiger partial charge in [-0.05, 0) is 19.4 Å². The van der Waals surface area contributed by atoms with Gasteiger partial charge in [0.25, 0.3) is 0 Å². The summed E-state index contributed by atoms with van der Waals surface area (Å²) < 4.78 is 12.9. The molecule has 1 fully saturated rings. The van der Waals surface area contributed by atoms with Crippen molar-refractivity contribution in [3.05, 3.63) is 47.8 Å². The van der Waals surface area contributed by atoms with Crippen LogP contribution in [0.15, 0.2) is 36.7 Å². The number of ether oxygens (including phenoxy) is 2. The van der Waals surface area contributed by atoms with Crippen molar-refractivity contribution in [3.63, 3.8) is 0 Å². The molecule has 5 heterocycles. The number of hydrogen-bond donors (Lipinski definition) is 0. The summed E-state index contributed by atoms with van der Waals surface area (Å²) >= 11 is 1.70. The number of benzene rings is 1. The van der Waals surface area contributed by atoms with Crippen LogP contribution in [0.2, 0.25) is 0 Å². The molecule has 0 saturated carbocycles. The van der Waals surface area contributed by atoms with Crippen LogP contribution >= 0.6 is 11.3 Å². The van der Waals surface area contributed by atoms with Crippen LogP contribution in [0, 0.1) is 0 Å². The summed E-state index contributed by atoms with van der Waals surface area (Å²) in [4.78, 5) is 17.9. The molecule has 0 bridgehead atoms. The summed E-state index contributed by atoms with van der Waals surface area (Å²) in [5.74, 6) is 1.04. The van der Waals surface area contributed by atoms with E-state index in [-0.39, 0.29) is 5.60 Å². The van der Waals surface area contributed by atoms with Gasteiger partial charge < -0.3 is 14.4 Å². The molecule has 6 rings (SSSR count). The Bertz CT molecular complexity index is 1280. The molecule has 0 aliphatic carbocycles. The van der Waals surface area contributed by atoms with Crippen molar-refractivity contribution >= 4 is 37.6 Å². The Morgan fingerprint density at radius 3 is 2.65 bits per heavy atom. The highest BCUT2D eigenvalue weighted by Gasteiger charge is 2.33. The normalized spacial score (nSPS) is 18.5. The van der Waals surface area contributed by atoms with Crippen molar-refractivity contribution in [2.24, 2.45) is 0 Å². The van der Waals surface area contributed by atoms with Crippen molar-refractivity contribution in [1.29, 1.82) is 0 Å². The standard InChI is InChI=1S/C24H24N4O2S/c1-24(2)12-16-17(13-30-24)22(28-8-10-29-11-9-28)27-23-18(16)20-21(31-23)19(25-14-26-20)15-6-4-3-5-7-15/h3-7,14H,8-13H2,1-2H3. The number of anilines is 1. The third-order valence-corrected chi connectivity index (χ3v) is 7.24. The topological polar surface area (TPSA) is 60.4 Å². The van der Waals surface area contributed by atoms with Crippen LogP contribution in [0.5, 0.6) is 0 Å². The minimum Gasteiger partial charge on any atom is -0.378 e. The van der Waals surface area contributed by atoms with Gasteiger partial charge in [0.05, 0.1) is 41.3 Å². The summed E-state index contributed by atoms with van der Waals surface area (Å²) in [6, 6.07) is 10.3. The Kier molecular flexibility index (Phi) is 4.45. The quantitative estimate of drug-likeness (QED) is 0.462. The van der Waals surface area contributed by atoms with Gasteiger partial charge in [0, 0.05) is 36.0 Å². The minimum absolute atomic E-state index is 0.215. The molecule has 0 radical (unpaired) electrons. The molecule has 0 unspecified atom stereocenters. The highest BCUT2D eigenvalue weighted by molar-refractivity contribution is 7.25. The molecule has 2 aliphatic rings. The fourth-order valence-electron chi connectivity index (χ4n) is 4.63. The Hall–Kier alpha value is -2.61. The van der Waals surface area contributed by atoms with Crippen molar-refractivity contribution in [3.8, 4) is 11.3 Å². The second-order valence-corrected chi connectivity index (χ2v) is 9.76. The SMILES string of the molecule is CC1(C)Cc2c(c(N3CCOCC3)nc3sc4c(-c5ccccc5)ncnc4c23)CO1. The summed E-state index contributed by atoms with van der Waals surface area (Å²) in [5, 5.41) is 1.17. The number of rotatable bonds is 2. The fourth-order valence-corrected chi connectivity index (χ4v) is 5.79. The second kappa shape index (κ2) is 7.22. The zero-order valence-electron chi connectivity index (χ0n) is 17.7. The molecule has 31 heavy (non-hydrogen) atoms. The molecule has 3 aromatic heterocycles. The molecule has 1 aromatic carbocycles. The molecule has 4 aromatic rings. The first-order valence-electron chi connectivity index (χ1n) is 10.7. The van der Waals surface area contributed by atoms with E-state index < -0.39 is 0 Å². The van der Waals surface area contributed by atoms with Crippen LogP contribution in [0.25, 0.3) is 31.7 Å². The van der Waals surface area contributed by atoms with Crippen LogP contribution in [0.3, 0.4) is 0 Å². The average Bonchev–Trinajstić information content (AvgIpc) is 3.18. The van der Waals surface area contributed by atoms with Gasteiger partial charge >= 0.3 is 0 Å². The molecule has 0 N–H and O–H groups in total. The van der Waals surface area contributed by atoms with E-state index in [0.29, 0.717) is 6.61 Å². The van der Waals surface area contributed by atoms with Crippen molar-refractivity contribution < 1.29 is 9.47 Å². The Morgan fingerprint density at radius 1 is 1.03 bits per heavy atom. The lowest BCUT2D eigenvalue weighted by molar-refractivity contribution is -0.0396. The first-order chi connectivity index (χ1) is 15.1. The predicted molar refractivity (Wildman–Crippen MR) is 124 cm³/mol. The van der Waals surface area contributed by atoms with Crippen LogP contribution in [0.4, 0.5) is 5.82 Å². The van der Waals surface area contributed by atoms with Crippen LogP contribution < -0.4 is 4.90 Å². The van der Waals surface area contributed by atoms with E-state index in [0.717, 1.165) is 64.8 Å². The van der Waals surface area contributed by atoms with Crippen molar-refractivity contribution in [2.45, 2.75) is 32.5 Å². The predicted octanol–water partition coefficient (Wildman–Crippen LogP) is 4.59. The van der Waals surface area contributed by atoms with Crippen LogP contribution in [0.1, 0.15) is 25.0 Å². The van der Waals surface area contributed by atoms with Gasteiger partial charge in [0.1, 0.15) is 17.0 Å². The highest BCUT2D eigenvalue weighted by Crippen LogP contribution is 2.44. The maximum atomic E-state index is 6.23. The zero-order chi connectivity index (χ0) is 21.0. The summed E-state index contributed by atoms with van der Waals surface area (Å²) in [6.07, 6.45) is 2.53. The molecule has 1 saturated heterocycles. The Morgan fingerprint density at radius 2 is 1.84 bits per heavy atom. The van der Waals surface area contributed by atoms with E-state index >= 15 is 0 Å². The van der Waals surface area contributed by atoms with Crippen LogP contribution in [-0.4, -0.2) is 46.9 Å². The molecule has 6 nitrogen and oxygen atoms in total. The highest BCUT2D eigenvalue weighted by atomic mass is 32.1. The number of nitrogens with zero attached hydrogens (tertiary/aromatic N) is 4. The summed E-state index contributed by atoms with van der Waals surface area (Å²) in [7, 11) is 0. The number of hydrogen-bond acceptors (Lipinski definition) is 7. The maximum absolute atomic E-state index is 6.23. The van der Waals surface area contributed by atoms with Gasteiger partial charge in [0.2, 0.25) is 0 Å². The Labute approximate surface area is 184 Å². The number of fused-ring (bicyclic) bond motifs is 5. The van der Waals surface area contributed by atoms with E-state index in [1.807, 2.05) is 18.2 Å². The molecular weight excluding hydrogens is 408 g/mol. The van der Waals surface area contributed by atoms with Gasteiger partial charge in [-0.3, -0.25) is 0 Å². The van der Waals surface area contributed by atoms with Gasteiger partial charge in [0.15, 0.2) is 0 Å². The molecule has 2 aliphatic heterocycles. The van der Waals surface area contributed by atoms with Gasteiger partial charge in [-0.2, -0.15) is 0 Å². The Balaban J connectivity index is 1.64. The van der Waals surface area contributed by atoms with Gasteiger partial charge in [-0.15, -0.1) is 11.3 Å². The van der Waals surface area contributed by atoms with Gasteiger partial charge in [-0.1, -0.05) is 30.3 Å². The molecule has 7 heteroatoms. The molecule has 158 valence electrons. The lowest BCUT2D eigenvalue weighted by Gasteiger charge is -2.36. The van der Waals surface area contributed by atoms with E-state index in [9.17, 15) is 0 Å². The second-order valence-electron chi connectivity index (χ2n) is 8.77. The van der Waals surface area contributed by atoms with Crippen molar-refractivity contribution in [1.82, 2.24) is 15.0 Å². The lowest BCUT2D eigenvalue weighted by atomic mass is 9.90. The van der Waals surface area contributed by atoms with E-state index in [2.05, 4.69) is 35.9 Å². The van der Waals surface area contributed by atoms with E-state index in [1.54, 1.807) is 17.7 Å². The molecule has 0 amide bonds. The van der Waals surface area contributed by atoms with Crippen LogP contribution in [-0.2, 0) is 22.5 Å². The number of thiophene rings is 1. The molecule has 0 atom stereocenters. The number of pyridine rings is 1. The first kappa shape index (κ1) is 19.1. The maximum Gasteiger partial charge on any atom is 0.136 e. The van der Waals surface area contributed by atoms with Gasteiger partial charge in [-0.25, -0.2) is 15.0 Å². The number of morpholine rings is 1. The van der Waals surface area contributed by atoms with Crippen molar-refractivity contribution in [2.75, 3.05) is 31.2 Å². The number of aromatic nitrogens is 3. The summed E-state index contributed by atoms with van der Waals surface area (Å²) in [5.41, 5.74) is 5.39. The minimum atomic E-state index is -0.215.